The Morgan fingerprint density at radius 2 is 2.05 bits per heavy atom. The Balaban J connectivity index is 2.61. The van der Waals surface area contributed by atoms with E-state index >= 15 is 0 Å². The second kappa shape index (κ2) is 7.61. The molecule has 0 spiro atoms. The summed E-state index contributed by atoms with van der Waals surface area (Å²) < 4.78 is 13.1. The molecule has 1 unspecified atom stereocenters. The van der Waals surface area contributed by atoms with Crippen molar-refractivity contribution in [3.05, 3.63) is 30.1 Å². The fraction of sp³-hybridized carbons (Fsp3) is 0.467. The first-order valence-corrected chi connectivity index (χ1v) is 6.81. The Hall–Kier alpha value is -2.11. The van der Waals surface area contributed by atoms with Gasteiger partial charge in [0, 0.05) is 19.3 Å². The highest BCUT2D eigenvalue weighted by Gasteiger charge is 2.21. The maximum absolute atomic E-state index is 13.1. The summed E-state index contributed by atoms with van der Waals surface area (Å²) in [5.41, 5.74) is 0.406. The molecule has 0 fully saturated rings. The van der Waals surface area contributed by atoms with Crippen molar-refractivity contribution >= 4 is 17.7 Å². The average Bonchev–Trinajstić information content (AvgIpc) is 2.41. The van der Waals surface area contributed by atoms with Gasteiger partial charge in [0.15, 0.2) is 0 Å². The monoisotopic (exact) mass is 296 g/mol. The van der Waals surface area contributed by atoms with E-state index < -0.39 is 23.7 Å². The minimum atomic E-state index is -0.933. The SMILES string of the molecule is CC(C)CC(CNC(=O)N(C)c1cccc(F)c1)C(=O)O. The van der Waals surface area contributed by atoms with Crippen molar-refractivity contribution in [1.29, 1.82) is 0 Å². The largest absolute Gasteiger partial charge is 0.481 e. The molecule has 1 rings (SSSR count). The maximum Gasteiger partial charge on any atom is 0.321 e. The fourth-order valence-corrected chi connectivity index (χ4v) is 1.97. The molecule has 0 saturated heterocycles. The van der Waals surface area contributed by atoms with Crippen LogP contribution >= 0.6 is 0 Å². The van der Waals surface area contributed by atoms with E-state index in [4.69, 9.17) is 5.11 Å². The van der Waals surface area contributed by atoms with E-state index in [1.165, 1.54) is 30.1 Å². The molecule has 1 aromatic rings. The van der Waals surface area contributed by atoms with Gasteiger partial charge in [-0.15, -0.1) is 0 Å². The van der Waals surface area contributed by atoms with Crippen LogP contribution < -0.4 is 10.2 Å². The summed E-state index contributed by atoms with van der Waals surface area (Å²) in [5, 5.41) is 11.7. The summed E-state index contributed by atoms with van der Waals surface area (Å²) in [6.07, 6.45) is 0.485. The first-order chi connectivity index (χ1) is 9.81. The molecule has 0 aliphatic rings. The van der Waals surface area contributed by atoms with Gasteiger partial charge in [0.25, 0.3) is 0 Å². The van der Waals surface area contributed by atoms with Crippen molar-refractivity contribution in [3.8, 4) is 0 Å². The molecule has 0 saturated carbocycles. The molecule has 116 valence electrons. The zero-order chi connectivity index (χ0) is 16.0. The van der Waals surface area contributed by atoms with Crippen LogP contribution in [0.25, 0.3) is 0 Å². The van der Waals surface area contributed by atoms with Gasteiger partial charge in [0.05, 0.1) is 5.92 Å². The number of anilines is 1. The highest BCUT2D eigenvalue weighted by molar-refractivity contribution is 5.91. The quantitative estimate of drug-likeness (QED) is 0.848. The molecule has 0 aliphatic heterocycles. The fourth-order valence-electron chi connectivity index (χ4n) is 1.97. The van der Waals surface area contributed by atoms with Gasteiger partial charge in [-0.3, -0.25) is 9.69 Å². The number of carbonyl (C=O) groups excluding carboxylic acids is 1. The summed E-state index contributed by atoms with van der Waals surface area (Å²) in [5.74, 6) is -1.77. The van der Waals surface area contributed by atoms with Crippen LogP contribution in [-0.4, -0.2) is 30.7 Å². The number of nitrogens with zero attached hydrogens (tertiary/aromatic N) is 1. The highest BCUT2D eigenvalue weighted by Crippen LogP contribution is 2.15. The Morgan fingerprint density at radius 1 is 1.38 bits per heavy atom. The normalized spacial score (nSPS) is 12.0. The molecule has 2 N–H and O–H groups in total. The molecule has 0 radical (unpaired) electrons. The van der Waals surface area contributed by atoms with Gasteiger partial charge < -0.3 is 10.4 Å². The lowest BCUT2D eigenvalue weighted by molar-refractivity contribution is -0.142. The number of benzene rings is 1. The van der Waals surface area contributed by atoms with Crippen molar-refractivity contribution in [3.63, 3.8) is 0 Å². The van der Waals surface area contributed by atoms with E-state index in [9.17, 15) is 14.0 Å². The molecule has 6 heteroatoms. The zero-order valence-corrected chi connectivity index (χ0v) is 12.5. The van der Waals surface area contributed by atoms with Crippen LogP contribution in [-0.2, 0) is 4.79 Å². The summed E-state index contributed by atoms with van der Waals surface area (Å²) in [4.78, 5) is 24.3. The van der Waals surface area contributed by atoms with Crippen molar-refractivity contribution in [2.45, 2.75) is 20.3 Å². The molecular formula is C15H21FN2O3. The van der Waals surface area contributed by atoms with Gasteiger partial charge in [-0.2, -0.15) is 0 Å². The minimum absolute atomic E-state index is 0.0476. The van der Waals surface area contributed by atoms with E-state index in [2.05, 4.69) is 5.32 Å². The Kier molecular flexibility index (Phi) is 6.14. The molecular weight excluding hydrogens is 275 g/mol. The lowest BCUT2D eigenvalue weighted by Gasteiger charge is -2.20. The van der Waals surface area contributed by atoms with Crippen molar-refractivity contribution in [1.82, 2.24) is 5.32 Å². The Labute approximate surface area is 123 Å². The first-order valence-electron chi connectivity index (χ1n) is 6.81. The number of carbonyl (C=O) groups is 2. The van der Waals surface area contributed by atoms with Gasteiger partial charge in [-0.05, 0) is 30.5 Å². The molecule has 0 aromatic heterocycles. The molecule has 1 atom stereocenters. The Bertz CT molecular complexity index is 505. The highest BCUT2D eigenvalue weighted by atomic mass is 19.1. The van der Waals surface area contributed by atoms with Crippen molar-refractivity contribution < 1.29 is 19.1 Å². The van der Waals surface area contributed by atoms with Gasteiger partial charge in [0.1, 0.15) is 5.82 Å². The smallest absolute Gasteiger partial charge is 0.321 e. The van der Waals surface area contributed by atoms with E-state index in [1.54, 1.807) is 6.07 Å². The third-order valence-corrected chi connectivity index (χ3v) is 3.10. The van der Waals surface area contributed by atoms with Crippen LogP contribution in [0.4, 0.5) is 14.9 Å². The molecule has 5 nitrogen and oxygen atoms in total. The third kappa shape index (κ3) is 5.41. The number of hydrogen-bond acceptors (Lipinski definition) is 2. The van der Waals surface area contributed by atoms with Gasteiger partial charge in [-0.25, -0.2) is 9.18 Å². The number of aliphatic carboxylic acids is 1. The van der Waals surface area contributed by atoms with Crippen LogP contribution in [0.3, 0.4) is 0 Å². The Morgan fingerprint density at radius 3 is 2.57 bits per heavy atom. The van der Waals surface area contributed by atoms with Crippen molar-refractivity contribution in [2.75, 3.05) is 18.5 Å². The molecule has 21 heavy (non-hydrogen) atoms. The second-order valence-corrected chi connectivity index (χ2v) is 5.39. The number of amides is 2. The maximum atomic E-state index is 13.1. The lowest BCUT2D eigenvalue weighted by Crippen LogP contribution is -2.41. The summed E-state index contributed by atoms with van der Waals surface area (Å²) >= 11 is 0. The van der Waals surface area contributed by atoms with Crippen LogP contribution in [0.1, 0.15) is 20.3 Å². The van der Waals surface area contributed by atoms with Crippen LogP contribution in [0, 0.1) is 17.7 Å². The van der Waals surface area contributed by atoms with E-state index in [0.29, 0.717) is 12.1 Å². The van der Waals surface area contributed by atoms with Crippen LogP contribution in [0.2, 0.25) is 0 Å². The standard InChI is InChI=1S/C15H21FN2O3/c1-10(2)7-11(14(19)20)9-17-15(21)18(3)13-6-4-5-12(16)8-13/h4-6,8,10-11H,7,9H2,1-3H3,(H,17,21)(H,19,20). The number of nitrogens with one attached hydrogen (secondary N) is 1. The van der Waals surface area contributed by atoms with E-state index in [0.717, 1.165) is 0 Å². The molecule has 1 aromatic carbocycles. The summed E-state index contributed by atoms with van der Waals surface area (Å²) in [6.45, 7) is 3.90. The van der Waals surface area contributed by atoms with E-state index in [-0.39, 0.29) is 12.5 Å². The molecule has 0 aliphatic carbocycles. The van der Waals surface area contributed by atoms with Gasteiger partial charge in [-0.1, -0.05) is 19.9 Å². The molecule has 2 amide bonds. The van der Waals surface area contributed by atoms with Gasteiger partial charge >= 0.3 is 12.0 Å². The van der Waals surface area contributed by atoms with E-state index in [1.807, 2.05) is 13.8 Å². The number of rotatable bonds is 6. The number of carboxylic acid groups (broad SMARTS) is 1. The van der Waals surface area contributed by atoms with Crippen molar-refractivity contribution in [2.24, 2.45) is 11.8 Å². The number of halogens is 1. The topological polar surface area (TPSA) is 69.6 Å². The number of urea groups is 1. The second-order valence-electron chi connectivity index (χ2n) is 5.39. The summed E-state index contributed by atoms with van der Waals surface area (Å²) in [7, 11) is 1.50. The van der Waals surface area contributed by atoms with Crippen LogP contribution in [0.5, 0.6) is 0 Å². The predicted molar refractivity (Wildman–Crippen MR) is 78.8 cm³/mol. The predicted octanol–water partition coefficient (Wildman–Crippen LogP) is 2.72. The first kappa shape index (κ1) is 16.9. The molecule has 0 bridgehead atoms. The number of carboxylic acids is 1. The zero-order valence-electron chi connectivity index (χ0n) is 12.5. The number of hydrogen-bond donors (Lipinski definition) is 2. The van der Waals surface area contributed by atoms with Crippen LogP contribution in [0.15, 0.2) is 24.3 Å². The van der Waals surface area contributed by atoms with Gasteiger partial charge in [0.2, 0.25) is 0 Å². The molecule has 0 heterocycles. The summed E-state index contributed by atoms with van der Waals surface area (Å²) in [6, 6.07) is 5.18. The average molecular weight is 296 g/mol. The minimum Gasteiger partial charge on any atom is -0.481 e. The lowest BCUT2D eigenvalue weighted by atomic mass is 9.97. The third-order valence-electron chi connectivity index (χ3n) is 3.10.